The van der Waals surface area contributed by atoms with Crippen LogP contribution in [-0.4, -0.2) is 266 Å². The van der Waals surface area contributed by atoms with E-state index in [-0.39, 0.29) is 51.7 Å². The lowest BCUT2D eigenvalue weighted by Crippen LogP contribution is -2.60. The van der Waals surface area contributed by atoms with Gasteiger partial charge in [-0.15, -0.1) is 0 Å². The van der Waals surface area contributed by atoms with Crippen LogP contribution < -0.4 is 67.1 Å². The van der Waals surface area contributed by atoms with Gasteiger partial charge in [0.2, 0.25) is 53.8 Å². The summed E-state index contributed by atoms with van der Waals surface area (Å²) in [6, 6.07) is 5.98. The number of benzene rings is 7. The largest absolute Gasteiger partial charge is 0.508 e. The molecule has 0 saturated carbocycles. The first-order valence-corrected chi connectivity index (χ1v) is 40.0. The van der Waals surface area contributed by atoms with Crippen LogP contribution in [0.3, 0.4) is 0 Å². The smallest absolute Gasteiger partial charge is 0.333 e. The van der Waals surface area contributed by atoms with Crippen LogP contribution in [0.4, 0.5) is 0 Å². The molecule has 0 aliphatic carbocycles. The molecule has 17 rings (SSSR count). The third-order valence-electron chi connectivity index (χ3n) is 23.3. The number of hydrogen-bond acceptors (Lipinski definition) is 37. The predicted molar refractivity (Wildman–Crippen MR) is 423 cm³/mol. The summed E-state index contributed by atoms with van der Waals surface area (Å²) in [4.78, 5) is 111. The summed E-state index contributed by atoms with van der Waals surface area (Å²) in [5, 5.41) is 197. The first-order chi connectivity index (χ1) is 60.4. The van der Waals surface area contributed by atoms with E-state index in [4.69, 9.17) is 68.3 Å². The molecule has 0 spiro atoms. The van der Waals surface area contributed by atoms with Gasteiger partial charge in [0.05, 0.1) is 50.7 Å². The van der Waals surface area contributed by atoms with Gasteiger partial charge in [-0.3, -0.25) is 28.8 Å². The molecule has 17 bridgehead atoms. The average Bonchev–Trinajstić information content (AvgIpc) is 0.755. The van der Waals surface area contributed by atoms with Gasteiger partial charge in [-0.2, -0.15) is 0 Å². The van der Waals surface area contributed by atoms with Gasteiger partial charge >= 0.3 is 5.97 Å². The fourth-order valence-corrected chi connectivity index (χ4v) is 16.0. The Kier molecular flexibility index (Phi) is 25.9. The number of nitrogens with two attached hydrogens (primary N) is 2. The molecular weight excluding hydrogens is 1680 g/mol. The zero-order valence-electron chi connectivity index (χ0n) is 67.4. The second kappa shape index (κ2) is 36.5. The number of esters is 1. The number of aliphatic hydroxyl groups excluding tert-OH is 12. The number of ether oxygens (including phenoxy) is 12. The molecule has 10 aliphatic heterocycles. The third-order valence-corrected chi connectivity index (χ3v) is 23.3. The number of phenols is 4. The van der Waals surface area contributed by atoms with E-state index >= 15 is 24.0 Å². The Bertz CT molecular complexity index is 5330. The van der Waals surface area contributed by atoms with Crippen molar-refractivity contribution in [1.29, 1.82) is 0 Å². The maximum atomic E-state index is 16.9. The molecule has 7 aromatic carbocycles. The Labute approximate surface area is 718 Å². The third kappa shape index (κ3) is 17.9. The highest BCUT2D eigenvalue weighted by Gasteiger charge is 2.52. The van der Waals surface area contributed by atoms with Crippen molar-refractivity contribution in [2.24, 2.45) is 17.4 Å². The van der Waals surface area contributed by atoms with Crippen molar-refractivity contribution in [2.45, 2.75) is 192 Å². The summed E-state index contributed by atoms with van der Waals surface area (Å²) >= 11 is 0. The van der Waals surface area contributed by atoms with Crippen LogP contribution in [-0.2, 0) is 66.7 Å². The van der Waals surface area contributed by atoms with E-state index in [0.29, 0.717) is 0 Å². The molecule has 4 fully saturated rings. The van der Waals surface area contributed by atoms with Crippen LogP contribution in [0.1, 0.15) is 107 Å². The van der Waals surface area contributed by atoms with E-state index in [0.717, 1.165) is 67.8 Å². The number of fused-ring (bicyclic) bond motifs is 14. The van der Waals surface area contributed by atoms with E-state index in [9.17, 15) is 91.3 Å². The van der Waals surface area contributed by atoms with Crippen molar-refractivity contribution >= 4 is 41.4 Å². The molecule has 26 N–H and O–H groups in total. The van der Waals surface area contributed by atoms with Crippen molar-refractivity contribution in [2.75, 3.05) is 20.3 Å². The second-order valence-corrected chi connectivity index (χ2v) is 31.8. The van der Waals surface area contributed by atoms with Gasteiger partial charge in [0.25, 0.3) is 0 Å². The van der Waals surface area contributed by atoms with Gasteiger partial charge in [0.1, 0.15) is 138 Å². The number of carbonyl (C=O) groups is 7. The van der Waals surface area contributed by atoms with Crippen molar-refractivity contribution in [1.82, 2.24) is 31.9 Å². The first kappa shape index (κ1) is 90.0. The van der Waals surface area contributed by atoms with Crippen LogP contribution in [0.15, 0.2) is 121 Å². The Morgan fingerprint density at radius 3 is 1.69 bits per heavy atom. The normalized spacial score (nSPS) is 33.3. The second-order valence-electron chi connectivity index (χ2n) is 31.8. The van der Waals surface area contributed by atoms with Crippen LogP contribution >= 0.6 is 0 Å². The molecule has 127 heavy (non-hydrogen) atoms. The molecule has 10 heterocycles. The van der Waals surface area contributed by atoms with Gasteiger partial charge in [0.15, 0.2) is 47.9 Å². The lowest BCUT2D eigenvalue weighted by molar-refractivity contribution is -0.332. The van der Waals surface area contributed by atoms with E-state index in [1.165, 1.54) is 81.4 Å². The molecule has 678 valence electrons. The Morgan fingerprint density at radius 2 is 1.04 bits per heavy atom. The maximum absolute atomic E-state index is 16.9. The number of amides is 6. The van der Waals surface area contributed by atoms with Crippen molar-refractivity contribution in [3.63, 3.8) is 0 Å². The number of methoxy groups -OCH3 is 1. The number of rotatable bonds is 11. The molecule has 43 nitrogen and oxygen atoms in total. The van der Waals surface area contributed by atoms with Gasteiger partial charge < -0.3 is 182 Å². The molecule has 7 aromatic rings. The number of nitrogens with one attached hydrogen (secondary N) is 6. The van der Waals surface area contributed by atoms with Crippen LogP contribution in [0.2, 0.25) is 0 Å². The highest BCUT2D eigenvalue weighted by molar-refractivity contribution is 6.00. The average molecular weight is 1770 g/mol. The van der Waals surface area contributed by atoms with Gasteiger partial charge in [0, 0.05) is 40.8 Å². The summed E-state index contributed by atoms with van der Waals surface area (Å²) in [6.07, 6.45) is -35.5. The fraction of sp³-hybridized carbons (Fsp3) is 0.417. The van der Waals surface area contributed by atoms with Crippen LogP contribution in [0.25, 0.3) is 11.1 Å². The maximum Gasteiger partial charge on any atom is 0.333 e. The number of hydrogen-bond donors (Lipinski definition) is 24. The van der Waals surface area contributed by atoms with Crippen molar-refractivity contribution in [3.05, 3.63) is 166 Å². The summed E-state index contributed by atoms with van der Waals surface area (Å²) in [5.41, 5.74) is 9.79. The summed E-state index contributed by atoms with van der Waals surface area (Å²) in [7, 11) is 0.901. The first-order valence-electron chi connectivity index (χ1n) is 40.0. The number of aliphatic hydroxyl groups is 12. The Balaban J connectivity index is 0.977. The molecule has 6 amide bonds. The van der Waals surface area contributed by atoms with E-state index in [2.05, 4.69) is 31.9 Å². The molecule has 10 aliphatic rings. The van der Waals surface area contributed by atoms with Crippen LogP contribution in [0, 0.1) is 12.8 Å². The number of phenolic OH excluding ortho intramolecular Hbond substituents is 4. The zero-order valence-corrected chi connectivity index (χ0v) is 67.4. The molecule has 0 aromatic heterocycles. The van der Waals surface area contributed by atoms with Crippen molar-refractivity contribution < 1.29 is 172 Å². The fourth-order valence-electron chi connectivity index (χ4n) is 16.0. The lowest BCUT2D eigenvalue weighted by atomic mass is 9.89. The van der Waals surface area contributed by atoms with E-state index in [1.54, 1.807) is 0 Å². The molecule has 43 heteroatoms. The summed E-state index contributed by atoms with van der Waals surface area (Å²) in [5.74, 6) is -17.9. The quantitative estimate of drug-likeness (QED) is 0.0591. The van der Waals surface area contributed by atoms with E-state index < -0.39 is 305 Å². The Morgan fingerprint density at radius 1 is 0.480 bits per heavy atom. The summed E-state index contributed by atoms with van der Waals surface area (Å²) in [6.45, 7) is 2.30. The summed E-state index contributed by atoms with van der Waals surface area (Å²) < 4.78 is 74.2. The topological polar surface area (TPSA) is 678 Å². The van der Waals surface area contributed by atoms with E-state index in [1.807, 2.05) is 0 Å². The molecular formula is C84H92N8O35. The van der Waals surface area contributed by atoms with Crippen LogP contribution in [0.5, 0.6) is 69.0 Å². The van der Waals surface area contributed by atoms with Crippen molar-refractivity contribution in [3.8, 4) is 80.1 Å². The standard InChI is InChI=1S/C84H92N8O35/c1-28-46(97)18-35-20-47(28)122-48-19-33(9-16-45(48)96)55(86)74(108)91-60-64(100)31-5-11-38(12-6-31)120-50-21-36-22-51(73(50)126-82-42(65(101)69(105)81(115)127-82)27-117-83-70(106)67(103)63(99)30(3)119-83)121-39-13-7-32(8-14-39)72(125-53-25-43(85)62(98)29(2)118-53)61-79(113)90-59(80(114)116-4)41-23-37(94)24-49(123-84-71(107)68(104)66(102)52(26-93)124-84)54(41)40-17-34(10-15-44(40)95)56(75(109)92-61)87-77(111)58(36)88-76(110)57(35)89-78(60)112/h5-24,29-30,42-43,52-53,55-72,81-84,93-107,115H,25-27,85-86H2,1-4H3,(H,87,111)(H,88,110)(H,89,112)(H,90,113)(H,91,108)(H,92,109). The molecule has 0 radical (unpaired) electrons. The Hall–Kier alpha value is -11.8. The predicted octanol–water partition coefficient (Wildman–Crippen LogP) is -2.58. The number of aromatic hydroxyl groups is 4. The molecule has 28 unspecified atom stereocenters. The molecule has 28 atom stereocenters. The highest BCUT2D eigenvalue weighted by atomic mass is 16.8. The minimum atomic E-state index is -2.46. The van der Waals surface area contributed by atoms with Gasteiger partial charge in [-0.25, -0.2) is 4.79 Å². The minimum Gasteiger partial charge on any atom is -0.508 e. The SMILES string of the molecule is COC(=O)C1NC(=O)C2NC(=O)C(NC(=O)C3NC(=O)C4NC(=O)C(NC(=O)C(N)c5ccc(O)c(c5)Oc5cc4cc(O)c5C)C(O)c4ccc(cc4)Oc4cc3cc(c4OC3OC(O)C(O)C(O)C3COC3OC(C)C(O)C(O)C3O)Oc3ccc(cc3)C2OC2CC(N)C(O)C(C)O2)c2ccc(O)c(c2)-c2c(OC3OC(CO)C(O)C(O)C3O)cc(O)cc21. The van der Waals surface area contributed by atoms with Gasteiger partial charge in [-0.1, -0.05) is 36.4 Å². The highest BCUT2D eigenvalue weighted by Crippen LogP contribution is 2.51. The number of carbonyl (C=O) groups excluding carboxylic acids is 7. The van der Waals surface area contributed by atoms with Gasteiger partial charge in [-0.05, 0) is 133 Å². The zero-order chi connectivity index (χ0) is 90.9. The lowest BCUT2D eigenvalue weighted by Gasteiger charge is -2.43. The monoisotopic (exact) mass is 1770 g/mol. The molecule has 4 saturated heterocycles. The minimum absolute atomic E-state index is 0.0212.